The molecule has 1 aromatic carbocycles. The zero-order valence-corrected chi connectivity index (χ0v) is 11.9. The van der Waals surface area contributed by atoms with Crippen molar-refractivity contribution in [3.63, 3.8) is 0 Å². The highest BCUT2D eigenvalue weighted by atomic mass is 19.1. The Kier molecular flexibility index (Phi) is 4.60. The second kappa shape index (κ2) is 6.22. The normalized spacial score (nSPS) is 22.7. The molecule has 110 valence electrons. The quantitative estimate of drug-likeness (QED) is 0.920. The Hall–Kier alpha value is -1.62. The molecule has 1 saturated heterocycles. The number of carbonyl (C=O) groups excluding carboxylic acids is 1. The van der Waals surface area contributed by atoms with Gasteiger partial charge in [-0.25, -0.2) is 4.39 Å². The summed E-state index contributed by atoms with van der Waals surface area (Å²) in [5.74, 6) is 0.387. The second-order valence-corrected chi connectivity index (χ2v) is 5.36. The molecule has 2 N–H and O–H groups in total. The lowest BCUT2D eigenvalue weighted by Crippen LogP contribution is -2.45. The Labute approximate surface area is 118 Å². The Balaban J connectivity index is 2.15. The molecule has 0 bridgehead atoms. The summed E-state index contributed by atoms with van der Waals surface area (Å²) in [6, 6.07) is 4.31. The van der Waals surface area contributed by atoms with Crippen LogP contribution in [0.2, 0.25) is 0 Å². The van der Waals surface area contributed by atoms with E-state index in [0.29, 0.717) is 31.3 Å². The Morgan fingerprint density at radius 1 is 1.55 bits per heavy atom. The van der Waals surface area contributed by atoms with Gasteiger partial charge >= 0.3 is 0 Å². The van der Waals surface area contributed by atoms with Gasteiger partial charge < -0.3 is 15.4 Å². The van der Waals surface area contributed by atoms with Gasteiger partial charge in [0.25, 0.3) is 5.91 Å². The summed E-state index contributed by atoms with van der Waals surface area (Å²) < 4.78 is 18.9. The molecule has 1 aliphatic rings. The maximum atomic E-state index is 13.9. The number of hydrogen-bond donors (Lipinski definition) is 1. The third kappa shape index (κ3) is 2.93. The van der Waals surface area contributed by atoms with Gasteiger partial charge in [0, 0.05) is 19.2 Å². The van der Waals surface area contributed by atoms with E-state index in [0.717, 1.165) is 6.42 Å². The van der Waals surface area contributed by atoms with Gasteiger partial charge in [0.15, 0.2) is 0 Å². The van der Waals surface area contributed by atoms with E-state index in [4.69, 9.17) is 10.5 Å². The van der Waals surface area contributed by atoms with Crippen LogP contribution in [0.1, 0.15) is 23.7 Å². The van der Waals surface area contributed by atoms with E-state index in [1.54, 1.807) is 11.0 Å². The third-order valence-corrected chi connectivity index (χ3v) is 4.11. The molecule has 1 fully saturated rings. The van der Waals surface area contributed by atoms with Crippen LogP contribution in [0.15, 0.2) is 18.2 Å². The number of methoxy groups -OCH3 is 1. The van der Waals surface area contributed by atoms with Crippen LogP contribution >= 0.6 is 0 Å². The molecule has 1 amide bonds. The van der Waals surface area contributed by atoms with Gasteiger partial charge in [-0.1, -0.05) is 6.92 Å². The first-order chi connectivity index (χ1) is 9.56. The van der Waals surface area contributed by atoms with E-state index in [-0.39, 0.29) is 17.4 Å². The van der Waals surface area contributed by atoms with Crippen LogP contribution < -0.4 is 10.5 Å². The van der Waals surface area contributed by atoms with Gasteiger partial charge in [-0.15, -0.1) is 0 Å². The minimum Gasteiger partial charge on any atom is -0.497 e. The number of halogens is 1. The van der Waals surface area contributed by atoms with Gasteiger partial charge in [-0.05, 0) is 36.9 Å². The molecule has 0 saturated carbocycles. The van der Waals surface area contributed by atoms with Gasteiger partial charge in [0.05, 0.1) is 12.7 Å². The van der Waals surface area contributed by atoms with Gasteiger partial charge in [0.2, 0.25) is 0 Å². The predicted molar refractivity (Wildman–Crippen MR) is 75.2 cm³/mol. The van der Waals surface area contributed by atoms with Crippen molar-refractivity contribution < 1.29 is 13.9 Å². The highest BCUT2D eigenvalue weighted by Crippen LogP contribution is 2.25. The average Bonchev–Trinajstić information content (AvgIpc) is 2.47. The van der Waals surface area contributed by atoms with E-state index in [1.165, 1.54) is 19.2 Å². The summed E-state index contributed by atoms with van der Waals surface area (Å²) in [5, 5.41) is 0. The fourth-order valence-corrected chi connectivity index (χ4v) is 2.61. The van der Waals surface area contributed by atoms with E-state index < -0.39 is 5.82 Å². The summed E-state index contributed by atoms with van der Waals surface area (Å²) in [7, 11) is 1.47. The number of hydrogen-bond acceptors (Lipinski definition) is 3. The number of carbonyl (C=O) groups is 1. The molecule has 0 spiro atoms. The zero-order chi connectivity index (χ0) is 14.7. The van der Waals surface area contributed by atoms with Crippen LogP contribution in [0.5, 0.6) is 5.75 Å². The largest absolute Gasteiger partial charge is 0.497 e. The Morgan fingerprint density at radius 3 is 2.90 bits per heavy atom. The summed E-state index contributed by atoms with van der Waals surface area (Å²) in [6.07, 6.45) is 0.908. The lowest BCUT2D eigenvalue weighted by atomic mass is 9.87. The van der Waals surface area contributed by atoms with E-state index in [9.17, 15) is 9.18 Å². The number of benzene rings is 1. The maximum Gasteiger partial charge on any atom is 0.256 e. The fraction of sp³-hybridized carbons (Fsp3) is 0.533. The molecule has 20 heavy (non-hydrogen) atoms. The van der Waals surface area contributed by atoms with Crippen LogP contribution in [-0.4, -0.2) is 37.6 Å². The lowest BCUT2D eigenvalue weighted by molar-refractivity contribution is 0.0614. The summed E-state index contributed by atoms with van der Waals surface area (Å²) in [5.41, 5.74) is 5.83. The molecule has 4 nitrogen and oxygen atoms in total. The van der Waals surface area contributed by atoms with E-state index in [2.05, 4.69) is 6.92 Å². The molecule has 1 aromatic rings. The minimum absolute atomic E-state index is 0.0936. The van der Waals surface area contributed by atoms with Crippen molar-refractivity contribution in [2.75, 3.05) is 26.7 Å². The van der Waals surface area contributed by atoms with E-state index in [1.807, 2.05) is 0 Å². The van der Waals surface area contributed by atoms with Crippen LogP contribution in [0, 0.1) is 17.7 Å². The van der Waals surface area contributed by atoms with E-state index >= 15 is 0 Å². The van der Waals surface area contributed by atoms with Crippen molar-refractivity contribution in [3.8, 4) is 5.75 Å². The zero-order valence-electron chi connectivity index (χ0n) is 11.9. The van der Waals surface area contributed by atoms with Crippen LogP contribution in [0.25, 0.3) is 0 Å². The third-order valence-electron chi connectivity index (χ3n) is 4.11. The molecule has 0 aliphatic carbocycles. The second-order valence-electron chi connectivity index (χ2n) is 5.36. The molecular formula is C15H21FN2O2. The number of ether oxygens (including phenoxy) is 1. The minimum atomic E-state index is -0.544. The van der Waals surface area contributed by atoms with Crippen molar-refractivity contribution in [2.24, 2.45) is 17.6 Å². The van der Waals surface area contributed by atoms with Crippen molar-refractivity contribution >= 4 is 5.91 Å². The van der Waals surface area contributed by atoms with Crippen LogP contribution in [0.4, 0.5) is 4.39 Å². The number of amides is 1. The SMILES string of the molecule is COc1ccc(C(=O)N2CCC(C)C(CN)C2)c(F)c1. The molecule has 1 aliphatic heterocycles. The predicted octanol–water partition coefficient (Wildman–Crippen LogP) is 1.89. The Bertz CT molecular complexity index is 493. The standard InChI is InChI=1S/C15H21FN2O2/c1-10-5-6-18(9-11(10)8-17)15(19)13-4-3-12(20-2)7-14(13)16/h3-4,7,10-11H,5-6,8-9,17H2,1-2H3. The molecular weight excluding hydrogens is 259 g/mol. The fourth-order valence-electron chi connectivity index (χ4n) is 2.61. The maximum absolute atomic E-state index is 13.9. The first-order valence-electron chi connectivity index (χ1n) is 6.89. The average molecular weight is 280 g/mol. The number of nitrogens with zero attached hydrogens (tertiary/aromatic N) is 1. The Morgan fingerprint density at radius 2 is 2.30 bits per heavy atom. The highest BCUT2D eigenvalue weighted by molar-refractivity contribution is 5.94. The number of rotatable bonds is 3. The molecule has 2 rings (SSSR count). The first-order valence-corrected chi connectivity index (χ1v) is 6.89. The monoisotopic (exact) mass is 280 g/mol. The number of piperidine rings is 1. The van der Waals surface area contributed by atoms with Gasteiger partial charge in [-0.3, -0.25) is 4.79 Å². The molecule has 2 atom stereocenters. The number of likely N-dealkylation sites (tertiary alicyclic amines) is 1. The van der Waals surface area contributed by atoms with Gasteiger partial charge in [-0.2, -0.15) is 0 Å². The van der Waals surface area contributed by atoms with Crippen molar-refractivity contribution in [3.05, 3.63) is 29.6 Å². The van der Waals surface area contributed by atoms with Crippen molar-refractivity contribution in [2.45, 2.75) is 13.3 Å². The van der Waals surface area contributed by atoms with Crippen LogP contribution in [0.3, 0.4) is 0 Å². The summed E-state index contributed by atoms with van der Waals surface area (Å²) in [6.45, 7) is 3.95. The first kappa shape index (κ1) is 14.8. The number of nitrogens with two attached hydrogens (primary N) is 1. The smallest absolute Gasteiger partial charge is 0.256 e. The molecule has 5 heteroatoms. The topological polar surface area (TPSA) is 55.6 Å². The van der Waals surface area contributed by atoms with Crippen molar-refractivity contribution in [1.29, 1.82) is 0 Å². The highest BCUT2D eigenvalue weighted by Gasteiger charge is 2.29. The molecule has 0 radical (unpaired) electrons. The molecule has 2 unspecified atom stereocenters. The van der Waals surface area contributed by atoms with Crippen LogP contribution in [-0.2, 0) is 0 Å². The summed E-state index contributed by atoms with van der Waals surface area (Å²) in [4.78, 5) is 14.1. The lowest BCUT2D eigenvalue weighted by Gasteiger charge is -2.36. The molecule has 0 aromatic heterocycles. The molecule has 1 heterocycles. The van der Waals surface area contributed by atoms with Gasteiger partial charge in [0.1, 0.15) is 11.6 Å². The van der Waals surface area contributed by atoms with Crippen molar-refractivity contribution in [1.82, 2.24) is 4.90 Å². The summed E-state index contributed by atoms with van der Waals surface area (Å²) >= 11 is 0.